The number of methoxy groups -OCH3 is 1. The van der Waals surface area contributed by atoms with Crippen LogP contribution in [0.3, 0.4) is 0 Å². The van der Waals surface area contributed by atoms with Crippen molar-refractivity contribution in [2.24, 2.45) is 14.1 Å². The minimum absolute atomic E-state index is 0.153. The van der Waals surface area contributed by atoms with Gasteiger partial charge in [0.15, 0.2) is 11.2 Å². The van der Waals surface area contributed by atoms with Crippen LogP contribution in [0.5, 0.6) is 0 Å². The van der Waals surface area contributed by atoms with Gasteiger partial charge in [0.05, 0.1) is 19.7 Å². The normalized spacial score (nSPS) is 14.8. The number of hydrogen-bond acceptors (Lipinski definition) is 7. The van der Waals surface area contributed by atoms with Gasteiger partial charge in [-0.15, -0.1) is 0 Å². The van der Waals surface area contributed by atoms with Gasteiger partial charge in [-0.05, 0) is 11.1 Å². The van der Waals surface area contributed by atoms with Gasteiger partial charge < -0.3 is 9.30 Å². The van der Waals surface area contributed by atoms with E-state index in [1.807, 2.05) is 12.1 Å². The van der Waals surface area contributed by atoms with Crippen molar-refractivity contribution in [1.82, 2.24) is 28.5 Å². The number of hydrogen-bond donors (Lipinski definition) is 0. The van der Waals surface area contributed by atoms with Crippen LogP contribution in [-0.4, -0.2) is 67.7 Å². The average Bonchev–Trinajstić information content (AvgIpc) is 3.30. The van der Waals surface area contributed by atoms with E-state index in [2.05, 4.69) is 63.3 Å². The third kappa shape index (κ3) is 4.80. The third-order valence-corrected chi connectivity index (χ3v) is 7.31. The highest BCUT2D eigenvalue weighted by molar-refractivity contribution is 5.75. The van der Waals surface area contributed by atoms with Gasteiger partial charge in [-0.25, -0.2) is 9.78 Å². The van der Waals surface area contributed by atoms with Crippen molar-refractivity contribution in [3.8, 4) is 0 Å². The molecule has 2 aromatic carbocycles. The van der Waals surface area contributed by atoms with Crippen molar-refractivity contribution in [3.63, 3.8) is 0 Å². The summed E-state index contributed by atoms with van der Waals surface area (Å²) in [5.41, 5.74) is 2.06. The zero-order chi connectivity index (χ0) is 26.8. The number of fused-ring (bicyclic) bond motifs is 1. The largest absolute Gasteiger partial charge is 0.468 e. The Morgan fingerprint density at radius 3 is 2.03 bits per heavy atom. The molecule has 0 saturated carbocycles. The van der Waals surface area contributed by atoms with Crippen molar-refractivity contribution >= 4 is 17.1 Å². The van der Waals surface area contributed by atoms with E-state index in [9.17, 15) is 14.4 Å². The Morgan fingerprint density at radius 2 is 1.47 bits per heavy atom. The summed E-state index contributed by atoms with van der Waals surface area (Å²) in [7, 11) is 4.31. The Morgan fingerprint density at radius 1 is 0.895 bits per heavy atom. The van der Waals surface area contributed by atoms with Gasteiger partial charge >= 0.3 is 11.7 Å². The molecule has 10 nitrogen and oxygen atoms in total. The van der Waals surface area contributed by atoms with Gasteiger partial charge in [-0.3, -0.25) is 28.5 Å². The fraction of sp³-hybridized carbons (Fsp3) is 0.357. The maximum Gasteiger partial charge on any atom is 0.332 e. The highest BCUT2D eigenvalue weighted by atomic mass is 16.5. The molecule has 1 aliphatic rings. The molecule has 2 aromatic heterocycles. The summed E-state index contributed by atoms with van der Waals surface area (Å²) >= 11 is 0. The Hall–Kier alpha value is -4.02. The molecule has 0 aliphatic carbocycles. The highest BCUT2D eigenvalue weighted by Gasteiger charge is 2.28. The molecule has 0 bridgehead atoms. The molecule has 10 heteroatoms. The molecular weight excluding hydrogens is 484 g/mol. The van der Waals surface area contributed by atoms with Crippen LogP contribution >= 0.6 is 0 Å². The number of piperazine rings is 1. The quantitative estimate of drug-likeness (QED) is 0.344. The lowest BCUT2D eigenvalue weighted by molar-refractivity contribution is -0.141. The number of aromatic nitrogens is 4. The summed E-state index contributed by atoms with van der Waals surface area (Å²) in [5.74, 6) is 0.0691. The number of esters is 1. The summed E-state index contributed by atoms with van der Waals surface area (Å²) in [6, 6.07) is 21.2. The Bertz CT molecular complexity index is 1510. The fourth-order valence-electron chi connectivity index (χ4n) is 5.24. The molecule has 0 atom stereocenters. The molecule has 4 aromatic rings. The van der Waals surface area contributed by atoms with Crippen molar-refractivity contribution in [2.45, 2.75) is 19.1 Å². The maximum absolute atomic E-state index is 13.0. The summed E-state index contributed by atoms with van der Waals surface area (Å²) in [5, 5.41) is 0. The number of aryl methyl sites for hydroxylation is 1. The first kappa shape index (κ1) is 25.6. The van der Waals surface area contributed by atoms with E-state index < -0.39 is 17.2 Å². The predicted octanol–water partition coefficient (Wildman–Crippen LogP) is 1.51. The van der Waals surface area contributed by atoms with Crippen LogP contribution in [-0.2, 0) is 36.7 Å². The first-order chi connectivity index (χ1) is 18.4. The molecule has 198 valence electrons. The molecule has 0 radical (unpaired) electrons. The van der Waals surface area contributed by atoms with E-state index >= 15 is 0 Å². The second-order valence-corrected chi connectivity index (χ2v) is 9.60. The molecule has 0 unspecified atom stereocenters. The Balaban J connectivity index is 1.41. The van der Waals surface area contributed by atoms with Crippen LogP contribution in [0.2, 0.25) is 0 Å². The predicted molar refractivity (Wildman–Crippen MR) is 144 cm³/mol. The van der Waals surface area contributed by atoms with Crippen LogP contribution in [0.4, 0.5) is 0 Å². The molecule has 0 spiro atoms. The number of benzene rings is 2. The topological polar surface area (TPSA) is 94.6 Å². The van der Waals surface area contributed by atoms with Crippen LogP contribution in [0, 0.1) is 0 Å². The van der Waals surface area contributed by atoms with E-state index in [-0.39, 0.29) is 23.8 Å². The number of rotatable bonds is 7. The lowest BCUT2D eigenvalue weighted by atomic mass is 9.96. The van der Waals surface area contributed by atoms with E-state index in [0.717, 1.165) is 30.7 Å². The Kier molecular flexibility index (Phi) is 7.26. The first-order valence-electron chi connectivity index (χ1n) is 12.7. The monoisotopic (exact) mass is 516 g/mol. The van der Waals surface area contributed by atoms with Crippen molar-refractivity contribution in [2.75, 3.05) is 33.3 Å². The van der Waals surface area contributed by atoms with Gasteiger partial charge in [0.25, 0.3) is 5.56 Å². The molecular formula is C28H32N6O4. The second kappa shape index (κ2) is 10.8. The number of nitrogens with zero attached hydrogens (tertiary/aromatic N) is 6. The minimum Gasteiger partial charge on any atom is -0.468 e. The molecule has 3 heterocycles. The second-order valence-electron chi connectivity index (χ2n) is 9.60. The van der Waals surface area contributed by atoms with Crippen molar-refractivity contribution < 1.29 is 9.53 Å². The maximum atomic E-state index is 13.0. The number of carbonyl (C=O) groups excluding carboxylic acids is 1. The number of imidazole rings is 1. The molecule has 1 fully saturated rings. The smallest absolute Gasteiger partial charge is 0.332 e. The van der Waals surface area contributed by atoms with E-state index in [1.165, 1.54) is 29.9 Å². The molecule has 38 heavy (non-hydrogen) atoms. The lowest BCUT2D eigenvalue weighted by Crippen LogP contribution is -2.47. The van der Waals surface area contributed by atoms with E-state index in [0.29, 0.717) is 12.4 Å². The fourth-order valence-corrected chi connectivity index (χ4v) is 5.24. The van der Waals surface area contributed by atoms with Crippen LogP contribution in [0.25, 0.3) is 11.2 Å². The minimum atomic E-state index is -0.486. The summed E-state index contributed by atoms with van der Waals surface area (Å²) in [6.07, 6.45) is 0. The highest BCUT2D eigenvalue weighted by Crippen LogP contribution is 2.29. The summed E-state index contributed by atoms with van der Waals surface area (Å²) in [6.45, 7) is 3.54. The van der Waals surface area contributed by atoms with Crippen molar-refractivity contribution in [1.29, 1.82) is 0 Å². The van der Waals surface area contributed by atoms with Gasteiger partial charge in [-0.1, -0.05) is 60.7 Å². The van der Waals surface area contributed by atoms with Crippen LogP contribution < -0.4 is 11.2 Å². The number of ether oxygens (including phenoxy) is 1. The average molecular weight is 517 g/mol. The van der Waals surface area contributed by atoms with Gasteiger partial charge in [0, 0.05) is 40.3 Å². The summed E-state index contributed by atoms with van der Waals surface area (Å²) in [4.78, 5) is 47.1. The van der Waals surface area contributed by atoms with Crippen molar-refractivity contribution in [3.05, 3.63) is 98.5 Å². The van der Waals surface area contributed by atoms with Crippen LogP contribution in [0.15, 0.2) is 70.3 Å². The molecule has 0 amide bonds. The number of carbonyl (C=O) groups is 1. The zero-order valence-corrected chi connectivity index (χ0v) is 21.9. The van der Waals surface area contributed by atoms with Crippen LogP contribution in [0.1, 0.15) is 23.0 Å². The van der Waals surface area contributed by atoms with E-state index in [1.54, 1.807) is 11.6 Å². The standard InChI is InChI=1S/C28H32N6O4/c1-30-26-25(27(36)31(2)28(30)37)34(19-23(35)38-3)22(29-26)18-32-14-16-33(17-15-32)24(20-10-6-4-7-11-20)21-12-8-5-9-13-21/h4-13,24H,14-19H2,1-3H3. The van der Waals surface area contributed by atoms with Gasteiger partial charge in [0.1, 0.15) is 12.4 Å². The SMILES string of the molecule is COC(=O)Cn1c(CN2CCN(C(c3ccccc3)c3ccccc3)CC2)nc2c1c(=O)n(C)c(=O)n2C. The van der Waals surface area contributed by atoms with Gasteiger partial charge in [0.2, 0.25) is 0 Å². The third-order valence-electron chi connectivity index (χ3n) is 7.31. The molecule has 0 N–H and O–H groups in total. The van der Waals surface area contributed by atoms with E-state index in [4.69, 9.17) is 4.74 Å². The van der Waals surface area contributed by atoms with Gasteiger partial charge in [-0.2, -0.15) is 0 Å². The molecule has 1 aliphatic heterocycles. The molecule has 5 rings (SSSR count). The molecule has 1 saturated heterocycles. The lowest BCUT2D eigenvalue weighted by Gasteiger charge is -2.39. The first-order valence-corrected chi connectivity index (χ1v) is 12.7. The Labute approximate surface area is 220 Å². The zero-order valence-electron chi connectivity index (χ0n) is 21.9. The summed E-state index contributed by atoms with van der Waals surface area (Å²) < 4.78 is 8.85.